The van der Waals surface area contributed by atoms with Gasteiger partial charge >= 0.3 is 5.97 Å². The number of hydrogen-bond acceptors (Lipinski definition) is 6. The molecule has 0 saturated carbocycles. The zero-order chi connectivity index (χ0) is 15.3. The van der Waals surface area contributed by atoms with E-state index in [1.807, 2.05) is 0 Å². The molecule has 0 saturated heterocycles. The molecule has 0 aliphatic rings. The van der Waals surface area contributed by atoms with Crippen molar-refractivity contribution in [3.05, 3.63) is 18.1 Å². The molecule has 0 unspecified atom stereocenters. The molecule has 108 valence electrons. The molecule has 0 fully saturated rings. The number of ketones is 1. The van der Waals surface area contributed by atoms with Crippen LogP contribution in [0.2, 0.25) is 0 Å². The number of aromatic nitrogens is 2. The predicted molar refractivity (Wildman–Crippen MR) is 71.1 cm³/mol. The summed E-state index contributed by atoms with van der Waals surface area (Å²) in [5, 5.41) is 2.59. The molecule has 0 spiro atoms. The Balaban J connectivity index is 2.67. The van der Waals surface area contributed by atoms with Gasteiger partial charge < -0.3 is 10.1 Å². The Hall–Kier alpha value is -2.31. The number of rotatable bonds is 4. The van der Waals surface area contributed by atoms with Crippen molar-refractivity contribution < 1.29 is 19.1 Å². The van der Waals surface area contributed by atoms with Crippen molar-refractivity contribution in [2.45, 2.75) is 27.7 Å². The summed E-state index contributed by atoms with van der Waals surface area (Å²) in [5.74, 6) is -0.943. The molecule has 0 bridgehead atoms. The van der Waals surface area contributed by atoms with Crippen LogP contribution in [0, 0.1) is 5.41 Å². The van der Waals surface area contributed by atoms with Gasteiger partial charge in [0.05, 0.1) is 12.4 Å². The maximum absolute atomic E-state index is 11.7. The number of hydrogen-bond donors (Lipinski definition) is 1. The maximum Gasteiger partial charge on any atom is 0.303 e. The minimum Gasteiger partial charge on any atom is -0.457 e. The molecule has 0 aliphatic heterocycles. The van der Waals surface area contributed by atoms with Crippen molar-refractivity contribution in [2.75, 3.05) is 11.9 Å². The largest absolute Gasteiger partial charge is 0.457 e. The summed E-state index contributed by atoms with van der Waals surface area (Å²) in [6.45, 7) is 6.15. The lowest BCUT2D eigenvalue weighted by atomic mass is 9.96. The molecule has 1 N–H and O–H groups in total. The highest BCUT2D eigenvalue weighted by Crippen LogP contribution is 2.15. The number of esters is 1. The predicted octanol–water partition coefficient (Wildman–Crippen LogP) is 1.21. The summed E-state index contributed by atoms with van der Waals surface area (Å²) in [4.78, 5) is 41.7. The highest BCUT2D eigenvalue weighted by molar-refractivity contribution is 5.96. The summed E-state index contributed by atoms with van der Waals surface area (Å²) in [6.07, 6.45) is 2.51. The number of nitrogens with zero attached hydrogens (tertiary/aromatic N) is 2. The van der Waals surface area contributed by atoms with E-state index >= 15 is 0 Å². The summed E-state index contributed by atoms with van der Waals surface area (Å²) in [6, 6.07) is 0. The first-order valence-electron chi connectivity index (χ1n) is 6.00. The third kappa shape index (κ3) is 4.75. The molecule has 1 heterocycles. The van der Waals surface area contributed by atoms with Crippen molar-refractivity contribution in [3.63, 3.8) is 0 Å². The standard InChI is InChI=1S/C13H17N3O4/c1-8(17)20-7-10(18)9-5-15-11(6-14-9)16-12(19)13(2,3)4/h5-6H,7H2,1-4H3,(H,15,16,19). The fourth-order valence-corrected chi connectivity index (χ4v) is 1.08. The van der Waals surface area contributed by atoms with E-state index in [2.05, 4.69) is 20.0 Å². The molecule has 7 heteroatoms. The average Bonchev–Trinajstić information content (AvgIpc) is 2.35. The maximum atomic E-state index is 11.7. The number of ether oxygens (including phenoxy) is 1. The lowest BCUT2D eigenvalue weighted by Gasteiger charge is -2.16. The molecular weight excluding hydrogens is 262 g/mol. The van der Waals surface area contributed by atoms with Gasteiger partial charge in [0.2, 0.25) is 11.7 Å². The molecule has 0 radical (unpaired) electrons. The van der Waals surface area contributed by atoms with E-state index in [0.717, 1.165) is 0 Å². The summed E-state index contributed by atoms with van der Waals surface area (Å²) in [7, 11) is 0. The van der Waals surface area contributed by atoms with Crippen LogP contribution in [0.4, 0.5) is 5.82 Å². The van der Waals surface area contributed by atoms with Gasteiger partial charge in [-0.3, -0.25) is 14.4 Å². The second-order valence-corrected chi connectivity index (χ2v) is 5.19. The van der Waals surface area contributed by atoms with Gasteiger partial charge in [-0.1, -0.05) is 20.8 Å². The third-order valence-electron chi connectivity index (χ3n) is 2.27. The van der Waals surface area contributed by atoms with E-state index in [9.17, 15) is 14.4 Å². The SMILES string of the molecule is CC(=O)OCC(=O)c1cnc(NC(=O)C(C)(C)C)cn1. The smallest absolute Gasteiger partial charge is 0.303 e. The molecular formula is C13H17N3O4. The Morgan fingerprint density at radius 1 is 1.20 bits per heavy atom. The van der Waals surface area contributed by atoms with Crippen molar-refractivity contribution in [3.8, 4) is 0 Å². The number of amides is 1. The zero-order valence-electron chi connectivity index (χ0n) is 11.9. The minimum absolute atomic E-state index is 0.0695. The normalized spacial score (nSPS) is 10.8. The Bertz CT molecular complexity index is 517. The van der Waals surface area contributed by atoms with Gasteiger partial charge in [-0.15, -0.1) is 0 Å². The van der Waals surface area contributed by atoms with Crippen LogP contribution in [0.25, 0.3) is 0 Å². The van der Waals surface area contributed by atoms with Crippen LogP contribution < -0.4 is 5.32 Å². The van der Waals surface area contributed by atoms with E-state index in [4.69, 9.17) is 0 Å². The Morgan fingerprint density at radius 2 is 1.85 bits per heavy atom. The molecule has 1 amide bonds. The number of nitrogens with one attached hydrogen (secondary N) is 1. The Morgan fingerprint density at radius 3 is 2.30 bits per heavy atom. The van der Waals surface area contributed by atoms with Gasteiger partial charge in [0.1, 0.15) is 5.69 Å². The van der Waals surface area contributed by atoms with Crippen LogP contribution in [0.1, 0.15) is 38.2 Å². The molecule has 1 aromatic heterocycles. The number of carbonyl (C=O) groups is 3. The van der Waals surface area contributed by atoms with E-state index in [-0.39, 0.29) is 24.0 Å². The quantitative estimate of drug-likeness (QED) is 0.657. The summed E-state index contributed by atoms with van der Waals surface area (Å²) in [5.41, 5.74) is -0.481. The fraction of sp³-hybridized carbons (Fsp3) is 0.462. The lowest BCUT2D eigenvalue weighted by Crippen LogP contribution is -2.28. The molecule has 7 nitrogen and oxygen atoms in total. The van der Waals surface area contributed by atoms with E-state index in [1.165, 1.54) is 19.3 Å². The van der Waals surface area contributed by atoms with Gasteiger partial charge in [-0.2, -0.15) is 0 Å². The molecule has 1 aromatic rings. The first-order valence-corrected chi connectivity index (χ1v) is 6.00. The monoisotopic (exact) mass is 279 g/mol. The second-order valence-electron chi connectivity index (χ2n) is 5.19. The van der Waals surface area contributed by atoms with Crippen molar-refractivity contribution >= 4 is 23.5 Å². The highest BCUT2D eigenvalue weighted by Gasteiger charge is 2.21. The van der Waals surface area contributed by atoms with E-state index < -0.39 is 17.2 Å². The zero-order valence-corrected chi connectivity index (χ0v) is 11.9. The topological polar surface area (TPSA) is 98.3 Å². The van der Waals surface area contributed by atoms with Crippen LogP contribution >= 0.6 is 0 Å². The van der Waals surface area contributed by atoms with Crippen LogP contribution in [0.5, 0.6) is 0 Å². The molecule has 1 rings (SSSR count). The van der Waals surface area contributed by atoms with Crippen molar-refractivity contribution in [2.24, 2.45) is 5.41 Å². The third-order valence-corrected chi connectivity index (χ3v) is 2.27. The van der Waals surface area contributed by atoms with Crippen LogP contribution in [-0.4, -0.2) is 34.2 Å². The number of carbonyl (C=O) groups excluding carboxylic acids is 3. The van der Waals surface area contributed by atoms with E-state index in [1.54, 1.807) is 20.8 Å². The minimum atomic E-state index is -0.550. The fourth-order valence-electron chi connectivity index (χ4n) is 1.08. The average molecular weight is 279 g/mol. The lowest BCUT2D eigenvalue weighted by molar-refractivity contribution is -0.139. The van der Waals surface area contributed by atoms with E-state index in [0.29, 0.717) is 0 Å². The van der Waals surface area contributed by atoms with Gasteiger partial charge in [-0.25, -0.2) is 9.97 Å². The first-order chi connectivity index (χ1) is 9.20. The number of anilines is 1. The highest BCUT2D eigenvalue weighted by atomic mass is 16.5. The molecule has 0 aliphatic carbocycles. The van der Waals surface area contributed by atoms with Crippen LogP contribution in [-0.2, 0) is 14.3 Å². The van der Waals surface area contributed by atoms with Gasteiger partial charge in [0.15, 0.2) is 12.4 Å². The van der Waals surface area contributed by atoms with Gasteiger partial charge in [0.25, 0.3) is 0 Å². The molecule has 0 aromatic carbocycles. The summed E-state index contributed by atoms with van der Waals surface area (Å²) < 4.78 is 4.57. The molecule has 0 atom stereocenters. The Kier molecular flexibility index (Phi) is 4.90. The van der Waals surface area contributed by atoms with Crippen LogP contribution in [0.3, 0.4) is 0 Å². The second kappa shape index (κ2) is 6.23. The van der Waals surface area contributed by atoms with Gasteiger partial charge in [0, 0.05) is 12.3 Å². The van der Waals surface area contributed by atoms with Crippen LogP contribution in [0.15, 0.2) is 12.4 Å². The van der Waals surface area contributed by atoms with Crippen molar-refractivity contribution in [1.82, 2.24) is 9.97 Å². The van der Waals surface area contributed by atoms with Crippen molar-refractivity contribution in [1.29, 1.82) is 0 Å². The number of Topliss-reactive ketones (excluding diaryl/α,β-unsaturated/α-hetero) is 1. The Labute approximate surface area is 116 Å². The summed E-state index contributed by atoms with van der Waals surface area (Å²) >= 11 is 0. The molecule has 20 heavy (non-hydrogen) atoms. The van der Waals surface area contributed by atoms with Gasteiger partial charge in [-0.05, 0) is 0 Å². The first kappa shape index (κ1) is 15.7.